The van der Waals surface area contributed by atoms with Gasteiger partial charge in [0.15, 0.2) is 5.69 Å². The Balaban J connectivity index is 2.90. The van der Waals surface area contributed by atoms with Gasteiger partial charge in [-0.05, 0) is 12.1 Å². The van der Waals surface area contributed by atoms with Crippen LogP contribution >= 0.6 is 0 Å². The van der Waals surface area contributed by atoms with Crippen LogP contribution in [0.4, 0.5) is 11.4 Å². The van der Waals surface area contributed by atoms with Crippen molar-refractivity contribution in [2.45, 2.75) is 0 Å². The number of aromatic nitrogens is 1. The highest BCUT2D eigenvalue weighted by molar-refractivity contribution is 5.92. The van der Waals surface area contributed by atoms with E-state index in [1.54, 1.807) is 29.9 Å². The molecular formula is C10H7N3O2. The summed E-state index contributed by atoms with van der Waals surface area (Å²) in [6.45, 7) is 6.87. The summed E-state index contributed by atoms with van der Waals surface area (Å²) in [4.78, 5) is 13.5. The minimum atomic E-state index is -0.461. The quantitative estimate of drug-likeness (QED) is 0.404. The summed E-state index contributed by atoms with van der Waals surface area (Å²) in [5, 5.41) is 11.4. The molecule has 0 aliphatic carbocycles. The van der Waals surface area contributed by atoms with Gasteiger partial charge >= 0.3 is 0 Å². The molecule has 0 unspecified atom stereocenters. The molecule has 0 amide bonds. The first-order chi connectivity index (χ1) is 7.13. The maximum absolute atomic E-state index is 10.8. The Kier molecular flexibility index (Phi) is 1.90. The highest BCUT2D eigenvalue weighted by Gasteiger charge is 2.15. The Morgan fingerprint density at radius 3 is 2.87 bits per heavy atom. The molecule has 74 valence electrons. The number of aryl methyl sites for hydroxylation is 1. The number of benzene rings is 1. The summed E-state index contributed by atoms with van der Waals surface area (Å²) in [5.41, 5.74) is 0.977. The minimum absolute atomic E-state index is 0.0147. The third-order valence-corrected chi connectivity index (χ3v) is 2.29. The van der Waals surface area contributed by atoms with Gasteiger partial charge in [-0.25, -0.2) is 4.85 Å². The Morgan fingerprint density at radius 2 is 2.27 bits per heavy atom. The van der Waals surface area contributed by atoms with Crippen LogP contribution in [-0.2, 0) is 7.05 Å². The molecule has 1 heterocycles. The van der Waals surface area contributed by atoms with E-state index in [4.69, 9.17) is 6.57 Å². The van der Waals surface area contributed by atoms with E-state index in [1.807, 2.05) is 0 Å². The molecule has 5 heteroatoms. The number of hydrogen-bond acceptors (Lipinski definition) is 2. The van der Waals surface area contributed by atoms with E-state index >= 15 is 0 Å². The van der Waals surface area contributed by atoms with E-state index in [0.29, 0.717) is 10.9 Å². The van der Waals surface area contributed by atoms with Gasteiger partial charge in [0.25, 0.3) is 5.69 Å². The highest BCUT2D eigenvalue weighted by Crippen LogP contribution is 2.31. The van der Waals surface area contributed by atoms with E-state index in [9.17, 15) is 10.1 Å². The molecule has 0 aliphatic heterocycles. The molecule has 0 spiro atoms. The highest BCUT2D eigenvalue weighted by atomic mass is 16.6. The molecule has 0 fully saturated rings. The molecule has 2 rings (SSSR count). The van der Waals surface area contributed by atoms with E-state index in [2.05, 4.69) is 4.85 Å². The molecule has 15 heavy (non-hydrogen) atoms. The van der Waals surface area contributed by atoms with Crippen LogP contribution in [0.5, 0.6) is 0 Å². The molecule has 0 saturated heterocycles. The SMILES string of the molecule is [C-]#[N+]c1cc([N+](=O)[O-])c2ccn(C)c2c1. The number of hydrogen-bond donors (Lipinski definition) is 0. The third kappa shape index (κ3) is 1.32. The fourth-order valence-corrected chi connectivity index (χ4v) is 1.55. The Labute approximate surface area is 85.5 Å². The van der Waals surface area contributed by atoms with Gasteiger partial charge in [0.1, 0.15) is 0 Å². The molecule has 0 N–H and O–H groups in total. The molecule has 1 aromatic heterocycles. The molecule has 0 atom stereocenters. The number of non-ortho nitro benzene ring substituents is 1. The first kappa shape index (κ1) is 9.21. The van der Waals surface area contributed by atoms with Gasteiger partial charge in [0.2, 0.25) is 0 Å². The van der Waals surface area contributed by atoms with Crippen LogP contribution in [0.25, 0.3) is 15.7 Å². The topological polar surface area (TPSA) is 52.4 Å². The lowest BCUT2D eigenvalue weighted by Crippen LogP contribution is -1.89. The van der Waals surface area contributed by atoms with Gasteiger partial charge in [-0.1, -0.05) is 0 Å². The number of nitro benzene ring substituents is 1. The van der Waals surface area contributed by atoms with Gasteiger partial charge in [-0.2, -0.15) is 0 Å². The molecule has 5 nitrogen and oxygen atoms in total. The van der Waals surface area contributed by atoms with Crippen molar-refractivity contribution >= 4 is 22.3 Å². The van der Waals surface area contributed by atoms with E-state index < -0.39 is 4.92 Å². The number of nitro groups is 1. The fraction of sp³-hybridized carbons (Fsp3) is 0.100. The number of nitrogens with zero attached hydrogens (tertiary/aromatic N) is 3. The van der Waals surface area contributed by atoms with Crippen molar-refractivity contribution < 1.29 is 4.92 Å². The van der Waals surface area contributed by atoms with Gasteiger partial charge in [-0.3, -0.25) is 10.1 Å². The van der Waals surface area contributed by atoms with Crippen molar-refractivity contribution in [2.24, 2.45) is 7.05 Å². The van der Waals surface area contributed by atoms with Crippen LogP contribution in [-0.4, -0.2) is 9.49 Å². The summed E-state index contributed by atoms with van der Waals surface area (Å²) in [5.74, 6) is 0. The lowest BCUT2D eigenvalue weighted by molar-refractivity contribution is -0.383. The normalized spacial score (nSPS) is 10.1. The molecule has 1 aromatic carbocycles. The predicted molar refractivity (Wildman–Crippen MR) is 55.8 cm³/mol. The van der Waals surface area contributed by atoms with E-state index in [-0.39, 0.29) is 11.4 Å². The van der Waals surface area contributed by atoms with E-state index in [0.717, 1.165) is 0 Å². The van der Waals surface area contributed by atoms with Crippen LogP contribution in [0, 0.1) is 16.7 Å². The van der Waals surface area contributed by atoms with Crippen molar-refractivity contribution in [1.82, 2.24) is 4.57 Å². The van der Waals surface area contributed by atoms with Crippen molar-refractivity contribution in [3.05, 3.63) is 45.9 Å². The largest absolute Gasteiger partial charge is 0.351 e. The van der Waals surface area contributed by atoms with Crippen LogP contribution in [0.2, 0.25) is 0 Å². The number of rotatable bonds is 1. The maximum atomic E-state index is 10.8. The van der Waals surface area contributed by atoms with Crippen molar-refractivity contribution in [2.75, 3.05) is 0 Å². The second kappa shape index (κ2) is 3.10. The molecule has 0 saturated carbocycles. The van der Waals surface area contributed by atoms with Crippen molar-refractivity contribution in [3.8, 4) is 0 Å². The van der Waals surface area contributed by atoms with Crippen LogP contribution in [0.1, 0.15) is 0 Å². The lowest BCUT2D eigenvalue weighted by atomic mass is 10.2. The molecule has 0 aliphatic rings. The van der Waals surface area contributed by atoms with Crippen molar-refractivity contribution in [3.63, 3.8) is 0 Å². The maximum Gasteiger partial charge on any atom is 0.268 e. The molecule has 0 radical (unpaired) electrons. The second-order valence-corrected chi connectivity index (χ2v) is 3.19. The second-order valence-electron chi connectivity index (χ2n) is 3.19. The third-order valence-electron chi connectivity index (χ3n) is 2.29. The standard InChI is InChI=1S/C10H7N3O2/c1-11-7-5-9-8(3-4-12(9)2)10(6-7)13(14)15/h3-6H,2H3. The predicted octanol–water partition coefficient (Wildman–Crippen LogP) is 2.64. The van der Waals surface area contributed by atoms with Gasteiger partial charge in [0.05, 0.1) is 16.9 Å². The minimum Gasteiger partial charge on any atom is -0.351 e. The number of fused-ring (bicyclic) bond motifs is 1. The Hall–Kier alpha value is -2.35. The smallest absolute Gasteiger partial charge is 0.268 e. The summed E-state index contributed by atoms with van der Waals surface area (Å²) in [6, 6.07) is 4.63. The van der Waals surface area contributed by atoms with Gasteiger partial charge < -0.3 is 4.57 Å². The molecular weight excluding hydrogens is 194 g/mol. The van der Waals surface area contributed by atoms with Crippen LogP contribution in [0.3, 0.4) is 0 Å². The van der Waals surface area contributed by atoms with Gasteiger partial charge in [-0.15, -0.1) is 0 Å². The summed E-state index contributed by atoms with van der Waals surface area (Å²) in [7, 11) is 1.79. The molecule has 2 aromatic rings. The average molecular weight is 201 g/mol. The summed E-state index contributed by atoms with van der Waals surface area (Å²) in [6.07, 6.45) is 1.74. The summed E-state index contributed by atoms with van der Waals surface area (Å²) >= 11 is 0. The Morgan fingerprint density at radius 1 is 1.53 bits per heavy atom. The summed E-state index contributed by atoms with van der Waals surface area (Å²) < 4.78 is 1.76. The van der Waals surface area contributed by atoms with Crippen LogP contribution in [0.15, 0.2) is 24.4 Å². The zero-order valence-corrected chi connectivity index (χ0v) is 7.97. The van der Waals surface area contributed by atoms with Crippen LogP contribution < -0.4 is 0 Å². The van der Waals surface area contributed by atoms with Gasteiger partial charge in [0, 0.05) is 24.8 Å². The first-order valence-electron chi connectivity index (χ1n) is 4.24. The monoisotopic (exact) mass is 201 g/mol. The fourth-order valence-electron chi connectivity index (χ4n) is 1.55. The average Bonchev–Trinajstić information content (AvgIpc) is 2.59. The zero-order valence-electron chi connectivity index (χ0n) is 7.97. The lowest BCUT2D eigenvalue weighted by Gasteiger charge is -1.98. The zero-order chi connectivity index (χ0) is 11.0. The first-order valence-corrected chi connectivity index (χ1v) is 4.24. The molecule has 0 bridgehead atoms. The Bertz CT molecular complexity index is 592. The van der Waals surface area contributed by atoms with E-state index in [1.165, 1.54) is 6.07 Å². The van der Waals surface area contributed by atoms with Crippen molar-refractivity contribution in [1.29, 1.82) is 0 Å².